The number of aryl methyl sites for hydroxylation is 1. The third-order valence-electron chi connectivity index (χ3n) is 6.90. The van der Waals surface area contributed by atoms with Crippen LogP contribution >= 0.6 is 0 Å². The van der Waals surface area contributed by atoms with Crippen LogP contribution in [0.2, 0.25) is 0 Å². The average Bonchev–Trinajstić information content (AvgIpc) is 3.21. The minimum atomic E-state index is -3.69. The number of ether oxygens (including phenoxy) is 1. The molecule has 2 aliphatic rings. The van der Waals surface area contributed by atoms with Gasteiger partial charge in [0.1, 0.15) is 5.75 Å². The molecule has 2 heterocycles. The van der Waals surface area contributed by atoms with E-state index in [9.17, 15) is 18.3 Å². The number of aliphatic carboxylic acids is 1. The van der Waals surface area contributed by atoms with E-state index in [0.29, 0.717) is 18.0 Å². The molecular formula is C25H29N3O5S. The Kier molecular flexibility index (Phi) is 5.64. The lowest BCUT2D eigenvalue weighted by atomic mass is 9.78. The molecule has 0 radical (unpaired) electrons. The van der Waals surface area contributed by atoms with Gasteiger partial charge in [0.2, 0.25) is 10.0 Å². The van der Waals surface area contributed by atoms with Crippen LogP contribution in [-0.2, 0) is 21.2 Å². The van der Waals surface area contributed by atoms with E-state index in [0.717, 1.165) is 29.3 Å². The predicted molar refractivity (Wildman–Crippen MR) is 127 cm³/mol. The van der Waals surface area contributed by atoms with E-state index in [-0.39, 0.29) is 35.4 Å². The molecule has 1 aromatic heterocycles. The molecule has 1 aliphatic carbocycles. The van der Waals surface area contributed by atoms with Crippen LogP contribution in [0.4, 0.5) is 0 Å². The van der Waals surface area contributed by atoms with Gasteiger partial charge in [0.25, 0.3) is 0 Å². The molecule has 8 nitrogen and oxygen atoms in total. The molecule has 180 valence electrons. The lowest BCUT2D eigenvalue weighted by Gasteiger charge is -2.36. The summed E-state index contributed by atoms with van der Waals surface area (Å²) in [6.45, 7) is 6.15. The number of carboxylic acid groups (broad SMARTS) is 1. The highest BCUT2D eigenvalue weighted by Crippen LogP contribution is 2.49. The quantitative estimate of drug-likeness (QED) is 0.549. The van der Waals surface area contributed by atoms with Crippen LogP contribution in [0, 0.1) is 12.8 Å². The van der Waals surface area contributed by atoms with E-state index >= 15 is 0 Å². The molecule has 0 spiro atoms. The van der Waals surface area contributed by atoms with Crippen LogP contribution in [0.15, 0.2) is 47.4 Å². The molecule has 1 saturated carbocycles. The fourth-order valence-electron chi connectivity index (χ4n) is 5.24. The summed E-state index contributed by atoms with van der Waals surface area (Å²) in [6, 6.07) is 12.3. The first-order chi connectivity index (χ1) is 16.1. The van der Waals surface area contributed by atoms with Crippen LogP contribution in [0.25, 0.3) is 10.9 Å². The summed E-state index contributed by atoms with van der Waals surface area (Å²) in [7, 11) is -3.69. The van der Waals surface area contributed by atoms with Gasteiger partial charge in [-0.25, -0.2) is 8.42 Å². The molecule has 2 aromatic carbocycles. The summed E-state index contributed by atoms with van der Waals surface area (Å²) in [6.07, 6.45) is 1.58. The lowest BCUT2D eigenvalue weighted by Crippen LogP contribution is -2.43. The van der Waals surface area contributed by atoms with Crippen molar-refractivity contribution in [2.24, 2.45) is 5.92 Å². The van der Waals surface area contributed by atoms with Gasteiger partial charge in [-0.3, -0.25) is 9.48 Å². The smallest absolute Gasteiger partial charge is 0.309 e. The standard InChI is InChI=1S/C25H29N3O5S/c1-15(2)33-17-5-7-18(8-6-17)34(31,32)27-14-24(20-10-11-22(20)27)28-23-12-16(3)4-9-19(23)21(26-28)13-25(29)30/h4-9,12,15,20,22,24H,10-11,13-14H2,1-3H3,(H,29,30)/t20-,22+,24-/m0/s1. The molecule has 3 aromatic rings. The molecular weight excluding hydrogens is 454 g/mol. The summed E-state index contributed by atoms with van der Waals surface area (Å²) in [5, 5.41) is 14.9. The van der Waals surface area contributed by atoms with Crippen LogP contribution in [0.1, 0.15) is 44.0 Å². The molecule has 1 aliphatic heterocycles. The van der Waals surface area contributed by atoms with Gasteiger partial charge in [0.15, 0.2) is 0 Å². The zero-order valence-electron chi connectivity index (χ0n) is 19.5. The van der Waals surface area contributed by atoms with Crippen LogP contribution in [-0.4, -0.2) is 52.3 Å². The maximum Gasteiger partial charge on any atom is 0.309 e. The molecule has 34 heavy (non-hydrogen) atoms. The zero-order valence-corrected chi connectivity index (χ0v) is 20.3. The van der Waals surface area contributed by atoms with Crippen molar-refractivity contribution in [2.75, 3.05) is 6.54 Å². The number of fused-ring (bicyclic) bond motifs is 2. The van der Waals surface area contributed by atoms with Crippen LogP contribution in [0.3, 0.4) is 0 Å². The van der Waals surface area contributed by atoms with Crippen molar-refractivity contribution in [2.45, 2.75) is 63.1 Å². The first kappa shape index (κ1) is 22.9. The fourth-order valence-corrected chi connectivity index (χ4v) is 6.96. The minimum absolute atomic E-state index is 0.0103. The summed E-state index contributed by atoms with van der Waals surface area (Å²) < 4.78 is 36.3. The third-order valence-corrected chi connectivity index (χ3v) is 8.80. The van der Waals surface area contributed by atoms with Gasteiger partial charge in [-0.15, -0.1) is 0 Å². The van der Waals surface area contributed by atoms with Crippen molar-refractivity contribution in [1.82, 2.24) is 14.1 Å². The molecule has 0 amide bonds. The van der Waals surface area contributed by atoms with E-state index in [1.165, 1.54) is 0 Å². The Morgan fingerprint density at radius 2 is 1.88 bits per heavy atom. The summed E-state index contributed by atoms with van der Waals surface area (Å²) in [4.78, 5) is 11.7. The van der Waals surface area contributed by atoms with Crippen molar-refractivity contribution in [1.29, 1.82) is 0 Å². The molecule has 1 N–H and O–H groups in total. The Morgan fingerprint density at radius 3 is 2.50 bits per heavy atom. The highest BCUT2D eigenvalue weighted by atomic mass is 32.2. The molecule has 0 bridgehead atoms. The average molecular weight is 484 g/mol. The van der Waals surface area contributed by atoms with Crippen molar-refractivity contribution in [3.05, 3.63) is 53.7 Å². The van der Waals surface area contributed by atoms with Crippen LogP contribution in [0.5, 0.6) is 5.75 Å². The Bertz CT molecular complexity index is 1350. The molecule has 0 unspecified atom stereocenters. The topological polar surface area (TPSA) is 102 Å². The minimum Gasteiger partial charge on any atom is -0.491 e. The van der Waals surface area contributed by atoms with E-state index in [1.54, 1.807) is 28.6 Å². The Labute approximate surface area is 199 Å². The predicted octanol–water partition coefficient (Wildman–Crippen LogP) is 3.78. The normalized spacial score (nSPS) is 22.6. The SMILES string of the molecule is Cc1ccc2c(CC(=O)O)nn([C@H]3CN(S(=O)(=O)c4ccc(OC(C)C)cc4)[C@@H]4CC[C@@H]43)c2c1. The largest absolute Gasteiger partial charge is 0.491 e. The lowest BCUT2D eigenvalue weighted by molar-refractivity contribution is -0.136. The molecule has 9 heteroatoms. The van der Waals surface area contributed by atoms with Gasteiger partial charge in [-0.05, 0) is 75.4 Å². The maximum absolute atomic E-state index is 13.6. The van der Waals surface area contributed by atoms with Crippen molar-refractivity contribution >= 4 is 26.9 Å². The monoisotopic (exact) mass is 483 g/mol. The van der Waals surface area contributed by atoms with Gasteiger partial charge in [0.05, 0.1) is 34.7 Å². The Morgan fingerprint density at radius 1 is 1.15 bits per heavy atom. The number of hydrogen-bond donors (Lipinski definition) is 1. The first-order valence-corrected chi connectivity index (χ1v) is 13.1. The maximum atomic E-state index is 13.6. The van der Waals surface area contributed by atoms with E-state index in [4.69, 9.17) is 9.84 Å². The Hall–Kier alpha value is -2.91. The first-order valence-electron chi connectivity index (χ1n) is 11.6. The fraction of sp³-hybridized carbons (Fsp3) is 0.440. The van der Waals surface area contributed by atoms with Gasteiger partial charge >= 0.3 is 5.97 Å². The Balaban J connectivity index is 1.48. The second kappa shape index (κ2) is 8.39. The van der Waals surface area contributed by atoms with Gasteiger partial charge in [0, 0.05) is 18.0 Å². The van der Waals surface area contributed by atoms with E-state index in [2.05, 4.69) is 0 Å². The second-order valence-corrected chi connectivity index (χ2v) is 11.5. The third kappa shape index (κ3) is 3.86. The highest BCUT2D eigenvalue weighted by Gasteiger charge is 2.53. The summed E-state index contributed by atoms with van der Waals surface area (Å²) in [5.41, 5.74) is 2.42. The number of aromatic nitrogens is 2. The number of carboxylic acids is 1. The molecule has 5 rings (SSSR count). The number of nitrogens with zero attached hydrogens (tertiary/aromatic N) is 3. The van der Waals surface area contributed by atoms with Gasteiger partial charge < -0.3 is 9.84 Å². The van der Waals surface area contributed by atoms with Crippen molar-refractivity contribution in [3.63, 3.8) is 0 Å². The number of carbonyl (C=O) groups is 1. The number of benzene rings is 2. The number of hydrogen-bond acceptors (Lipinski definition) is 5. The number of rotatable bonds is 7. The van der Waals surface area contributed by atoms with Crippen molar-refractivity contribution in [3.8, 4) is 5.75 Å². The second-order valence-electron chi connectivity index (χ2n) is 9.57. The molecule has 1 saturated heterocycles. The number of sulfonamides is 1. The van der Waals surface area contributed by atoms with Crippen molar-refractivity contribution < 1.29 is 23.1 Å². The molecule has 3 atom stereocenters. The summed E-state index contributed by atoms with van der Waals surface area (Å²) in [5.74, 6) is -0.145. The zero-order chi connectivity index (χ0) is 24.2. The van der Waals surface area contributed by atoms with Crippen LogP contribution < -0.4 is 4.74 Å². The van der Waals surface area contributed by atoms with Gasteiger partial charge in [-0.2, -0.15) is 9.40 Å². The van der Waals surface area contributed by atoms with E-state index < -0.39 is 16.0 Å². The molecule has 2 fully saturated rings. The van der Waals surface area contributed by atoms with E-state index in [1.807, 2.05) is 43.7 Å². The summed E-state index contributed by atoms with van der Waals surface area (Å²) >= 11 is 0. The highest BCUT2D eigenvalue weighted by molar-refractivity contribution is 7.89. The van der Waals surface area contributed by atoms with Gasteiger partial charge in [-0.1, -0.05) is 12.1 Å².